The van der Waals surface area contributed by atoms with Crippen LogP contribution >= 0.6 is 0 Å². The minimum Gasteiger partial charge on any atom is -0.406 e. The number of amides is 2. The van der Waals surface area contributed by atoms with Crippen molar-refractivity contribution in [2.75, 3.05) is 5.32 Å². The number of carbonyl (C=O) groups excluding carboxylic acids is 2. The molecule has 1 heterocycles. The largest absolute Gasteiger partial charge is 0.573 e. The van der Waals surface area contributed by atoms with Crippen LogP contribution in [0.4, 0.5) is 18.9 Å². The summed E-state index contributed by atoms with van der Waals surface area (Å²) in [5.74, 6) is -1.42. The molecule has 2 amide bonds. The van der Waals surface area contributed by atoms with E-state index in [9.17, 15) is 22.8 Å². The molecule has 3 rings (SSSR count). The van der Waals surface area contributed by atoms with Crippen LogP contribution in [0.2, 0.25) is 0 Å². The van der Waals surface area contributed by atoms with Gasteiger partial charge in [-0.25, -0.2) is 0 Å². The molecule has 1 atom stereocenters. The van der Waals surface area contributed by atoms with Crippen molar-refractivity contribution in [2.45, 2.75) is 25.7 Å². The van der Waals surface area contributed by atoms with Gasteiger partial charge in [-0.3, -0.25) is 9.59 Å². The number of aromatic amines is 1. The second kappa shape index (κ2) is 8.26. The van der Waals surface area contributed by atoms with E-state index in [1.807, 2.05) is 24.3 Å². The molecule has 0 bridgehead atoms. The molecule has 0 fully saturated rings. The number of para-hydroxylation sites is 1. The number of ether oxygens (including phenoxy) is 1. The number of fused-ring (bicyclic) bond motifs is 1. The van der Waals surface area contributed by atoms with E-state index in [1.54, 1.807) is 6.20 Å². The summed E-state index contributed by atoms with van der Waals surface area (Å²) in [5, 5.41) is 6.02. The molecule has 0 spiro atoms. The predicted octanol–water partition coefficient (Wildman–Crippen LogP) is 3.75. The number of aromatic nitrogens is 1. The minimum absolute atomic E-state index is 0.117. The molecular weight excluding hydrogens is 387 g/mol. The Hall–Kier alpha value is -3.49. The number of alkyl halides is 3. The smallest absolute Gasteiger partial charge is 0.406 e. The van der Waals surface area contributed by atoms with Crippen molar-refractivity contribution in [3.8, 4) is 5.75 Å². The van der Waals surface area contributed by atoms with Gasteiger partial charge in [0.15, 0.2) is 0 Å². The first-order chi connectivity index (χ1) is 13.7. The Morgan fingerprint density at radius 1 is 1.14 bits per heavy atom. The Kier molecular flexibility index (Phi) is 5.76. The molecule has 0 aliphatic carbocycles. The molecule has 0 saturated heterocycles. The summed E-state index contributed by atoms with van der Waals surface area (Å²) in [7, 11) is 0. The number of H-pyrrole nitrogens is 1. The fourth-order valence-corrected chi connectivity index (χ4v) is 2.98. The summed E-state index contributed by atoms with van der Waals surface area (Å²) in [5.41, 5.74) is 1.83. The molecule has 0 radical (unpaired) electrons. The fraction of sp³-hybridized carbons (Fsp3) is 0.200. The second-order valence-corrected chi connectivity index (χ2v) is 6.38. The van der Waals surface area contributed by atoms with E-state index in [4.69, 9.17) is 0 Å². The first-order valence-corrected chi connectivity index (χ1v) is 8.70. The lowest BCUT2D eigenvalue weighted by Crippen LogP contribution is -2.44. The highest BCUT2D eigenvalue weighted by Crippen LogP contribution is 2.25. The molecular formula is C20H18F3N3O3. The van der Waals surface area contributed by atoms with Crippen molar-refractivity contribution < 1.29 is 27.5 Å². The Morgan fingerprint density at radius 2 is 1.90 bits per heavy atom. The molecule has 0 aliphatic heterocycles. The van der Waals surface area contributed by atoms with Gasteiger partial charge < -0.3 is 20.4 Å². The average molecular weight is 405 g/mol. The molecule has 0 aliphatic rings. The third-order valence-electron chi connectivity index (χ3n) is 4.13. The lowest BCUT2D eigenvalue weighted by Gasteiger charge is -2.18. The molecule has 29 heavy (non-hydrogen) atoms. The second-order valence-electron chi connectivity index (χ2n) is 6.38. The third kappa shape index (κ3) is 5.50. The molecule has 152 valence electrons. The van der Waals surface area contributed by atoms with Gasteiger partial charge in [-0.15, -0.1) is 13.2 Å². The predicted molar refractivity (Wildman–Crippen MR) is 101 cm³/mol. The van der Waals surface area contributed by atoms with Gasteiger partial charge in [-0.05, 0) is 23.8 Å². The number of hydrogen-bond acceptors (Lipinski definition) is 3. The molecule has 0 saturated carbocycles. The highest BCUT2D eigenvalue weighted by molar-refractivity contribution is 5.97. The number of carbonyl (C=O) groups is 2. The van der Waals surface area contributed by atoms with Gasteiger partial charge >= 0.3 is 6.36 Å². The molecule has 6 nitrogen and oxygen atoms in total. The lowest BCUT2D eigenvalue weighted by atomic mass is 10.0. The zero-order chi connectivity index (χ0) is 21.0. The number of halogens is 3. The van der Waals surface area contributed by atoms with Crippen LogP contribution < -0.4 is 15.4 Å². The van der Waals surface area contributed by atoms with Crippen molar-refractivity contribution in [3.63, 3.8) is 0 Å². The van der Waals surface area contributed by atoms with Crippen molar-refractivity contribution in [3.05, 3.63) is 60.3 Å². The number of benzene rings is 2. The van der Waals surface area contributed by atoms with E-state index in [-0.39, 0.29) is 12.1 Å². The normalized spacial score (nSPS) is 12.4. The van der Waals surface area contributed by atoms with Gasteiger partial charge in [0.05, 0.1) is 0 Å². The Balaban J connectivity index is 1.77. The Morgan fingerprint density at radius 3 is 2.62 bits per heavy atom. The molecule has 3 N–H and O–H groups in total. The van der Waals surface area contributed by atoms with Crippen LogP contribution in [0.25, 0.3) is 10.9 Å². The number of rotatable bonds is 6. The van der Waals surface area contributed by atoms with Crippen LogP contribution in [-0.2, 0) is 16.0 Å². The Labute approximate surface area is 164 Å². The topological polar surface area (TPSA) is 83.2 Å². The summed E-state index contributed by atoms with van der Waals surface area (Å²) in [6.07, 6.45) is -2.88. The Bertz CT molecular complexity index is 1030. The average Bonchev–Trinajstić information content (AvgIpc) is 3.03. The van der Waals surface area contributed by atoms with Gasteiger partial charge in [-0.1, -0.05) is 24.3 Å². The summed E-state index contributed by atoms with van der Waals surface area (Å²) in [4.78, 5) is 27.4. The van der Waals surface area contributed by atoms with Crippen LogP contribution in [0.5, 0.6) is 5.75 Å². The summed E-state index contributed by atoms with van der Waals surface area (Å²) in [6, 6.07) is 11.5. The maximum atomic E-state index is 12.7. The molecule has 1 unspecified atom stereocenters. The van der Waals surface area contributed by atoms with Crippen molar-refractivity contribution >= 4 is 28.4 Å². The number of nitrogens with one attached hydrogen (secondary N) is 3. The maximum Gasteiger partial charge on any atom is 0.573 e. The monoisotopic (exact) mass is 405 g/mol. The first kappa shape index (κ1) is 20.2. The van der Waals surface area contributed by atoms with E-state index in [1.165, 1.54) is 19.1 Å². The van der Waals surface area contributed by atoms with E-state index in [0.717, 1.165) is 28.6 Å². The zero-order valence-electron chi connectivity index (χ0n) is 15.3. The SMILES string of the molecule is CC(=O)NC(Cc1c[nH]c2ccccc12)C(=O)Nc1cccc(OC(F)(F)F)c1. The van der Waals surface area contributed by atoms with Gasteiger partial charge in [0.1, 0.15) is 11.8 Å². The zero-order valence-corrected chi connectivity index (χ0v) is 15.3. The van der Waals surface area contributed by atoms with Crippen molar-refractivity contribution in [1.29, 1.82) is 0 Å². The molecule has 2 aromatic carbocycles. The van der Waals surface area contributed by atoms with Gasteiger partial charge in [-0.2, -0.15) is 0 Å². The van der Waals surface area contributed by atoms with Crippen LogP contribution in [0.15, 0.2) is 54.7 Å². The number of anilines is 1. The van der Waals surface area contributed by atoms with Crippen LogP contribution in [-0.4, -0.2) is 29.2 Å². The highest BCUT2D eigenvalue weighted by atomic mass is 19.4. The van der Waals surface area contributed by atoms with Crippen molar-refractivity contribution in [2.24, 2.45) is 0 Å². The van der Waals surface area contributed by atoms with Crippen molar-refractivity contribution in [1.82, 2.24) is 10.3 Å². The van der Waals surface area contributed by atoms with Crippen LogP contribution in [0, 0.1) is 0 Å². The van der Waals surface area contributed by atoms with E-state index in [2.05, 4.69) is 20.4 Å². The first-order valence-electron chi connectivity index (χ1n) is 8.70. The van der Waals surface area contributed by atoms with Crippen LogP contribution in [0.3, 0.4) is 0 Å². The van der Waals surface area contributed by atoms with Gasteiger partial charge in [0.2, 0.25) is 11.8 Å². The third-order valence-corrected chi connectivity index (χ3v) is 4.13. The fourth-order valence-electron chi connectivity index (χ4n) is 2.98. The van der Waals surface area contributed by atoms with Crippen LogP contribution in [0.1, 0.15) is 12.5 Å². The maximum absolute atomic E-state index is 12.7. The summed E-state index contributed by atoms with van der Waals surface area (Å²) < 4.78 is 41.0. The highest BCUT2D eigenvalue weighted by Gasteiger charge is 2.31. The van der Waals surface area contributed by atoms with Gasteiger partial charge in [0, 0.05) is 42.2 Å². The molecule has 3 aromatic rings. The standard InChI is InChI=1S/C20H18F3N3O3/c1-12(27)25-18(9-13-11-24-17-8-3-2-7-16(13)17)19(28)26-14-5-4-6-15(10-14)29-20(21,22)23/h2-8,10-11,18,24H,9H2,1H3,(H,25,27)(H,26,28). The van der Waals surface area contributed by atoms with E-state index < -0.39 is 30.0 Å². The van der Waals surface area contributed by atoms with Gasteiger partial charge in [0.25, 0.3) is 0 Å². The molecule has 9 heteroatoms. The number of hydrogen-bond donors (Lipinski definition) is 3. The lowest BCUT2D eigenvalue weighted by molar-refractivity contribution is -0.274. The summed E-state index contributed by atoms with van der Waals surface area (Å²) in [6.45, 7) is 1.29. The molecule has 1 aromatic heterocycles. The van der Waals surface area contributed by atoms with E-state index >= 15 is 0 Å². The minimum atomic E-state index is -4.84. The van der Waals surface area contributed by atoms with E-state index in [0.29, 0.717) is 0 Å². The quantitative estimate of drug-likeness (QED) is 0.584. The summed E-state index contributed by atoms with van der Waals surface area (Å²) >= 11 is 0.